The second kappa shape index (κ2) is 8.95. The summed E-state index contributed by atoms with van der Waals surface area (Å²) in [4.78, 5) is 27.0. The molecule has 0 radical (unpaired) electrons. The fraction of sp³-hybridized carbons (Fsp3) is 0.867. The molecule has 1 fully saturated rings. The number of aliphatic carboxylic acids is 1. The van der Waals surface area contributed by atoms with Crippen LogP contribution in [-0.4, -0.2) is 59.0 Å². The third-order valence-corrected chi connectivity index (χ3v) is 3.66. The van der Waals surface area contributed by atoms with Gasteiger partial charge in [0.15, 0.2) is 0 Å². The highest BCUT2D eigenvalue weighted by molar-refractivity contribution is 5.79. The third-order valence-electron chi connectivity index (χ3n) is 3.66. The van der Waals surface area contributed by atoms with Crippen molar-refractivity contribution in [2.45, 2.75) is 58.4 Å². The molecule has 0 atom stereocenters. The van der Waals surface area contributed by atoms with Gasteiger partial charge < -0.3 is 10.0 Å². The number of hydrogen-bond acceptors (Lipinski definition) is 3. The van der Waals surface area contributed by atoms with Crippen molar-refractivity contribution in [3.63, 3.8) is 0 Å². The summed E-state index contributed by atoms with van der Waals surface area (Å²) in [5.41, 5.74) is 0. The molecular formula is C15H28N2O3. The second-order valence-electron chi connectivity index (χ2n) is 5.62. The molecule has 1 rings (SSSR count). The van der Waals surface area contributed by atoms with Crippen LogP contribution in [0.15, 0.2) is 0 Å². The van der Waals surface area contributed by atoms with Gasteiger partial charge in [0.25, 0.3) is 0 Å². The molecule has 0 spiro atoms. The van der Waals surface area contributed by atoms with Gasteiger partial charge in [0, 0.05) is 19.1 Å². The molecule has 0 aromatic rings. The third kappa shape index (κ3) is 6.37. The molecule has 0 heterocycles. The van der Waals surface area contributed by atoms with Crippen LogP contribution >= 0.6 is 0 Å². The maximum Gasteiger partial charge on any atom is 0.317 e. The van der Waals surface area contributed by atoms with Crippen LogP contribution in [-0.2, 0) is 9.59 Å². The van der Waals surface area contributed by atoms with Gasteiger partial charge in [-0.3, -0.25) is 14.5 Å². The van der Waals surface area contributed by atoms with Crippen LogP contribution in [0.5, 0.6) is 0 Å². The minimum Gasteiger partial charge on any atom is -0.480 e. The predicted octanol–water partition coefficient (Wildman–Crippen LogP) is 1.96. The number of carboxylic acids is 1. The summed E-state index contributed by atoms with van der Waals surface area (Å²) in [6, 6.07) is 0.300. The first-order valence-corrected chi connectivity index (χ1v) is 7.82. The Labute approximate surface area is 121 Å². The molecule has 5 nitrogen and oxygen atoms in total. The van der Waals surface area contributed by atoms with E-state index in [2.05, 4.69) is 13.8 Å². The van der Waals surface area contributed by atoms with Gasteiger partial charge in [-0.2, -0.15) is 0 Å². The largest absolute Gasteiger partial charge is 0.480 e. The Bertz CT molecular complexity index is 308. The summed E-state index contributed by atoms with van der Waals surface area (Å²) in [5.74, 6) is -0.765. The van der Waals surface area contributed by atoms with Crippen molar-refractivity contribution in [3.05, 3.63) is 0 Å². The summed E-state index contributed by atoms with van der Waals surface area (Å²) in [7, 11) is 0. The number of nitrogens with zero attached hydrogens (tertiary/aromatic N) is 2. The summed E-state index contributed by atoms with van der Waals surface area (Å²) < 4.78 is 0. The Hall–Kier alpha value is -1.10. The fourth-order valence-corrected chi connectivity index (χ4v) is 2.26. The van der Waals surface area contributed by atoms with Crippen molar-refractivity contribution in [2.75, 3.05) is 26.2 Å². The molecule has 0 unspecified atom stereocenters. The van der Waals surface area contributed by atoms with E-state index in [1.807, 2.05) is 9.80 Å². The van der Waals surface area contributed by atoms with Crippen LogP contribution in [0, 0.1) is 0 Å². The average Bonchev–Trinajstić information content (AvgIpc) is 3.21. The van der Waals surface area contributed by atoms with Crippen molar-refractivity contribution in [1.29, 1.82) is 0 Å². The molecule has 0 saturated heterocycles. The van der Waals surface area contributed by atoms with E-state index in [9.17, 15) is 9.59 Å². The molecule has 0 aliphatic heterocycles. The van der Waals surface area contributed by atoms with E-state index in [4.69, 9.17) is 5.11 Å². The number of carboxylic acid groups (broad SMARTS) is 1. The predicted molar refractivity (Wildman–Crippen MR) is 78.6 cm³/mol. The Morgan fingerprint density at radius 3 is 2.00 bits per heavy atom. The van der Waals surface area contributed by atoms with Crippen molar-refractivity contribution in [3.8, 4) is 0 Å². The Kier molecular flexibility index (Phi) is 7.59. The monoisotopic (exact) mass is 284 g/mol. The molecule has 1 saturated carbocycles. The molecule has 5 heteroatoms. The smallest absolute Gasteiger partial charge is 0.317 e. The van der Waals surface area contributed by atoms with Gasteiger partial charge in [-0.1, -0.05) is 26.7 Å². The van der Waals surface area contributed by atoms with Gasteiger partial charge in [-0.05, 0) is 25.7 Å². The molecule has 0 aromatic heterocycles. The van der Waals surface area contributed by atoms with Gasteiger partial charge in [0.1, 0.15) is 0 Å². The number of carbonyl (C=O) groups excluding carboxylic acids is 1. The van der Waals surface area contributed by atoms with Crippen LogP contribution in [0.4, 0.5) is 0 Å². The SMILES string of the molecule is CCCCN(CCCC)C(=O)CN(CC(=O)O)C1CC1. The second-order valence-corrected chi connectivity index (χ2v) is 5.62. The van der Waals surface area contributed by atoms with Gasteiger partial charge in [0.05, 0.1) is 13.1 Å². The molecule has 116 valence electrons. The zero-order chi connectivity index (χ0) is 15.0. The summed E-state index contributed by atoms with van der Waals surface area (Å²) in [6.07, 6.45) is 6.19. The van der Waals surface area contributed by atoms with Gasteiger partial charge in [-0.15, -0.1) is 0 Å². The number of unbranched alkanes of at least 4 members (excludes halogenated alkanes) is 2. The fourth-order valence-electron chi connectivity index (χ4n) is 2.26. The Morgan fingerprint density at radius 1 is 1.05 bits per heavy atom. The van der Waals surface area contributed by atoms with Crippen molar-refractivity contribution < 1.29 is 14.7 Å². The van der Waals surface area contributed by atoms with E-state index in [-0.39, 0.29) is 19.0 Å². The van der Waals surface area contributed by atoms with Gasteiger partial charge >= 0.3 is 5.97 Å². The zero-order valence-corrected chi connectivity index (χ0v) is 12.8. The highest BCUT2D eigenvalue weighted by atomic mass is 16.4. The normalized spacial score (nSPS) is 14.6. The minimum absolute atomic E-state index is 0.0220. The van der Waals surface area contributed by atoms with Crippen LogP contribution in [0.2, 0.25) is 0 Å². The molecule has 20 heavy (non-hydrogen) atoms. The molecule has 1 N–H and O–H groups in total. The Morgan fingerprint density at radius 2 is 1.60 bits per heavy atom. The lowest BCUT2D eigenvalue weighted by atomic mass is 10.2. The van der Waals surface area contributed by atoms with E-state index < -0.39 is 5.97 Å². The lowest BCUT2D eigenvalue weighted by Gasteiger charge is -2.26. The summed E-state index contributed by atoms with van der Waals surface area (Å²) in [5, 5.41) is 8.93. The molecule has 1 aliphatic carbocycles. The number of amides is 1. The van der Waals surface area contributed by atoms with E-state index in [0.29, 0.717) is 6.04 Å². The van der Waals surface area contributed by atoms with Crippen molar-refractivity contribution >= 4 is 11.9 Å². The molecule has 1 amide bonds. The summed E-state index contributed by atoms with van der Waals surface area (Å²) >= 11 is 0. The average molecular weight is 284 g/mol. The molecule has 0 bridgehead atoms. The van der Waals surface area contributed by atoms with Gasteiger partial charge in [0.2, 0.25) is 5.91 Å². The van der Waals surface area contributed by atoms with E-state index in [0.717, 1.165) is 51.6 Å². The lowest BCUT2D eigenvalue weighted by Crippen LogP contribution is -2.43. The highest BCUT2D eigenvalue weighted by Crippen LogP contribution is 2.26. The van der Waals surface area contributed by atoms with E-state index >= 15 is 0 Å². The van der Waals surface area contributed by atoms with Crippen molar-refractivity contribution in [1.82, 2.24) is 9.80 Å². The van der Waals surface area contributed by atoms with E-state index in [1.165, 1.54) is 0 Å². The quantitative estimate of drug-likeness (QED) is 0.630. The zero-order valence-electron chi connectivity index (χ0n) is 12.8. The Balaban J connectivity index is 2.50. The first-order chi connectivity index (χ1) is 9.58. The topological polar surface area (TPSA) is 60.9 Å². The number of hydrogen-bond donors (Lipinski definition) is 1. The number of rotatable bonds is 11. The molecular weight excluding hydrogens is 256 g/mol. The number of carbonyl (C=O) groups is 2. The summed E-state index contributed by atoms with van der Waals surface area (Å²) in [6.45, 7) is 6.05. The molecule has 1 aliphatic rings. The van der Waals surface area contributed by atoms with Gasteiger partial charge in [-0.25, -0.2) is 0 Å². The van der Waals surface area contributed by atoms with Crippen LogP contribution in [0.25, 0.3) is 0 Å². The van der Waals surface area contributed by atoms with E-state index in [1.54, 1.807) is 0 Å². The van der Waals surface area contributed by atoms with Crippen LogP contribution in [0.1, 0.15) is 52.4 Å². The van der Waals surface area contributed by atoms with Crippen LogP contribution in [0.3, 0.4) is 0 Å². The lowest BCUT2D eigenvalue weighted by molar-refractivity contribution is -0.140. The standard InChI is InChI=1S/C15H28N2O3/c1-3-5-9-16(10-6-4-2)14(18)11-17(12-15(19)20)13-7-8-13/h13H,3-12H2,1-2H3,(H,19,20). The maximum atomic E-state index is 12.4. The minimum atomic E-state index is -0.849. The first kappa shape index (κ1) is 17.0. The highest BCUT2D eigenvalue weighted by Gasteiger charge is 2.32. The molecule has 0 aromatic carbocycles. The van der Waals surface area contributed by atoms with Crippen molar-refractivity contribution in [2.24, 2.45) is 0 Å². The first-order valence-electron chi connectivity index (χ1n) is 7.82. The maximum absolute atomic E-state index is 12.4. The van der Waals surface area contributed by atoms with Crippen LogP contribution < -0.4 is 0 Å².